The molecular weight excluding hydrogens is 258 g/mol. The molecule has 2 heterocycles. The van der Waals surface area contributed by atoms with Crippen LogP contribution in [0.1, 0.15) is 22.0 Å². The summed E-state index contributed by atoms with van der Waals surface area (Å²) in [6.45, 7) is 8.73. The second kappa shape index (κ2) is 6.14. The molecule has 0 amide bonds. The van der Waals surface area contributed by atoms with Crippen LogP contribution < -0.4 is 0 Å². The quantitative estimate of drug-likeness (QED) is 0.583. The van der Waals surface area contributed by atoms with E-state index in [-0.39, 0.29) is 12.3 Å². The maximum Gasteiger partial charge on any atom is 0.361 e. The van der Waals surface area contributed by atoms with Crippen molar-refractivity contribution >= 4 is 5.97 Å². The molecule has 0 aromatic carbocycles. The largest absolute Gasteiger partial charge is 0.457 e. The lowest BCUT2D eigenvalue weighted by molar-refractivity contribution is 0.0542. The Morgan fingerprint density at radius 2 is 2.25 bits per heavy atom. The van der Waals surface area contributed by atoms with Gasteiger partial charge in [0.05, 0.1) is 12.2 Å². The molecule has 2 aromatic rings. The third-order valence-electron chi connectivity index (χ3n) is 2.98. The summed E-state index contributed by atoms with van der Waals surface area (Å²) in [6.07, 6.45) is 5.17. The van der Waals surface area contributed by atoms with Gasteiger partial charge in [0.15, 0.2) is 5.69 Å². The van der Waals surface area contributed by atoms with Crippen molar-refractivity contribution < 1.29 is 9.53 Å². The van der Waals surface area contributed by atoms with E-state index >= 15 is 0 Å². The molecule has 0 aliphatic heterocycles. The number of carbonyl (C=O) groups excluding carboxylic acids is 1. The van der Waals surface area contributed by atoms with Crippen molar-refractivity contribution in [3.63, 3.8) is 0 Å². The van der Waals surface area contributed by atoms with Crippen LogP contribution in [0.5, 0.6) is 0 Å². The Bertz CT molecular complexity index is 614. The predicted octanol–water partition coefficient (Wildman–Crippen LogP) is 1.13. The molecule has 0 bridgehead atoms. The Morgan fingerprint density at radius 3 is 2.90 bits per heavy atom. The van der Waals surface area contributed by atoms with Crippen LogP contribution in [0.15, 0.2) is 25.0 Å². The number of ether oxygens (including phenoxy) is 1. The van der Waals surface area contributed by atoms with Gasteiger partial charge in [0.25, 0.3) is 0 Å². The van der Waals surface area contributed by atoms with Gasteiger partial charge in [-0.05, 0) is 13.8 Å². The fourth-order valence-electron chi connectivity index (χ4n) is 1.81. The minimum absolute atomic E-state index is 0.166. The highest BCUT2D eigenvalue weighted by Gasteiger charge is 2.17. The second-order valence-corrected chi connectivity index (χ2v) is 4.30. The first-order valence-corrected chi connectivity index (χ1v) is 6.29. The van der Waals surface area contributed by atoms with E-state index in [0.29, 0.717) is 12.2 Å². The molecule has 0 saturated carbocycles. The predicted molar refractivity (Wildman–Crippen MR) is 72.2 cm³/mol. The van der Waals surface area contributed by atoms with Gasteiger partial charge in [0.2, 0.25) is 0 Å². The normalized spacial score (nSPS) is 10.5. The van der Waals surface area contributed by atoms with Crippen LogP contribution in [0.3, 0.4) is 0 Å². The molecule has 0 aliphatic rings. The number of rotatable bonds is 6. The average molecular weight is 275 g/mol. The molecule has 0 radical (unpaired) electrons. The molecule has 20 heavy (non-hydrogen) atoms. The Hall–Kier alpha value is -2.44. The highest BCUT2D eigenvalue weighted by atomic mass is 16.5. The Labute approximate surface area is 116 Å². The number of esters is 1. The summed E-state index contributed by atoms with van der Waals surface area (Å²) >= 11 is 0. The summed E-state index contributed by atoms with van der Waals surface area (Å²) in [5.74, 6) is 0.459. The van der Waals surface area contributed by atoms with E-state index in [0.717, 1.165) is 12.4 Å². The molecule has 0 aliphatic carbocycles. The number of carbonyl (C=O) groups is 1. The standard InChI is InChI=1S/C13H17N5O2/c1-4-9-20-13(19)12-10(2)18(16-15-12)8-7-17-6-5-14-11(17)3/h4-6H,1,7-9H2,2-3H3. The van der Waals surface area contributed by atoms with Crippen molar-refractivity contribution in [1.82, 2.24) is 24.5 Å². The van der Waals surface area contributed by atoms with E-state index in [2.05, 4.69) is 21.9 Å². The van der Waals surface area contributed by atoms with Crippen LogP contribution >= 0.6 is 0 Å². The number of aromatic nitrogens is 5. The highest BCUT2D eigenvalue weighted by molar-refractivity contribution is 5.88. The number of hydrogen-bond acceptors (Lipinski definition) is 5. The number of imidazole rings is 1. The van der Waals surface area contributed by atoms with Gasteiger partial charge in [-0.2, -0.15) is 0 Å². The fourth-order valence-corrected chi connectivity index (χ4v) is 1.81. The molecule has 0 saturated heterocycles. The lowest BCUT2D eigenvalue weighted by Crippen LogP contribution is -2.12. The topological polar surface area (TPSA) is 74.8 Å². The van der Waals surface area contributed by atoms with E-state index in [9.17, 15) is 4.79 Å². The first-order valence-electron chi connectivity index (χ1n) is 6.29. The molecule has 106 valence electrons. The molecule has 0 N–H and O–H groups in total. The molecule has 7 nitrogen and oxygen atoms in total. The zero-order valence-corrected chi connectivity index (χ0v) is 11.6. The van der Waals surface area contributed by atoms with Gasteiger partial charge in [-0.15, -0.1) is 5.10 Å². The van der Waals surface area contributed by atoms with Crippen molar-refractivity contribution in [2.24, 2.45) is 0 Å². The van der Waals surface area contributed by atoms with Crippen molar-refractivity contribution in [1.29, 1.82) is 0 Å². The van der Waals surface area contributed by atoms with E-state index in [1.807, 2.05) is 17.7 Å². The summed E-state index contributed by atoms with van der Waals surface area (Å²) in [5.41, 5.74) is 0.936. The highest BCUT2D eigenvalue weighted by Crippen LogP contribution is 2.06. The summed E-state index contributed by atoms with van der Waals surface area (Å²) < 4.78 is 8.65. The monoisotopic (exact) mass is 275 g/mol. The van der Waals surface area contributed by atoms with Crippen molar-refractivity contribution in [3.05, 3.63) is 42.3 Å². The molecular formula is C13H17N5O2. The average Bonchev–Trinajstić information content (AvgIpc) is 3.00. The van der Waals surface area contributed by atoms with Crippen LogP contribution in [0.2, 0.25) is 0 Å². The van der Waals surface area contributed by atoms with Crippen LogP contribution in [0, 0.1) is 13.8 Å². The minimum Gasteiger partial charge on any atom is -0.457 e. The molecule has 0 fully saturated rings. The Kier molecular flexibility index (Phi) is 4.29. The van der Waals surface area contributed by atoms with Crippen molar-refractivity contribution in [3.8, 4) is 0 Å². The van der Waals surface area contributed by atoms with Gasteiger partial charge < -0.3 is 9.30 Å². The minimum atomic E-state index is -0.479. The summed E-state index contributed by atoms with van der Waals surface area (Å²) in [6, 6.07) is 0. The van der Waals surface area contributed by atoms with Gasteiger partial charge in [0.1, 0.15) is 12.4 Å². The van der Waals surface area contributed by atoms with Crippen LogP contribution in [-0.4, -0.2) is 37.1 Å². The smallest absolute Gasteiger partial charge is 0.361 e. The zero-order chi connectivity index (χ0) is 14.5. The van der Waals surface area contributed by atoms with Gasteiger partial charge in [-0.1, -0.05) is 17.9 Å². The molecule has 2 aromatic heterocycles. The van der Waals surface area contributed by atoms with Gasteiger partial charge in [-0.3, -0.25) is 0 Å². The second-order valence-electron chi connectivity index (χ2n) is 4.30. The van der Waals surface area contributed by atoms with Gasteiger partial charge >= 0.3 is 5.97 Å². The molecule has 0 unspecified atom stereocenters. The maximum absolute atomic E-state index is 11.7. The summed E-state index contributed by atoms with van der Waals surface area (Å²) in [5, 5.41) is 7.85. The van der Waals surface area contributed by atoms with Gasteiger partial charge in [-0.25, -0.2) is 14.5 Å². The van der Waals surface area contributed by atoms with E-state index in [4.69, 9.17) is 4.74 Å². The Balaban J connectivity index is 2.03. The van der Waals surface area contributed by atoms with Crippen LogP contribution in [0.25, 0.3) is 0 Å². The number of hydrogen-bond donors (Lipinski definition) is 0. The third-order valence-corrected chi connectivity index (χ3v) is 2.98. The third kappa shape index (κ3) is 2.93. The molecule has 2 rings (SSSR count). The van der Waals surface area contributed by atoms with Crippen molar-refractivity contribution in [2.45, 2.75) is 26.9 Å². The van der Waals surface area contributed by atoms with Crippen LogP contribution in [-0.2, 0) is 17.8 Å². The van der Waals surface area contributed by atoms with Crippen LogP contribution in [0.4, 0.5) is 0 Å². The number of nitrogens with zero attached hydrogens (tertiary/aromatic N) is 5. The molecule has 0 spiro atoms. The SMILES string of the molecule is C=CCOC(=O)c1nnn(CCn2ccnc2C)c1C. The zero-order valence-electron chi connectivity index (χ0n) is 11.6. The summed E-state index contributed by atoms with van der Waals surface area (Å²) in [4.78, 5) is 15.9. The van der Waals surface area contributed by atoms with Crippen molar-refractivity contribution in [2.75, 3.05) is 6.61 Å². The maximum atomic E-state index is 11.7. The fraction of sp³-hybridized carbons (Fsp3) is 0.385. The lowest BCUT2D eigenvalue weighted by Gasteiger charge is -2.06. The first kappa shape index (κ1) is 14.0. The van der Waals surface area contributed by atoms with E-state index < -0.39 is 5.97 Å². The lowest BCUT2D eigenvalue weighted by atomic mass is 10.3. The summed E-state index contributed by atoms with van der Waals surface area (Å²) in [7, 11) is 0. The van der Waals surface area contributed by atoms with E-state index in [1.165, 1.54) is 6.08 Å². The van der Waals surface area contributed by atoms with E-state index in [1.54, 1.807) is 17.8 Å². The number of aryl methyl sites for hydroxylation is 3. The Morgan fingerprint density at radius 1 is 1.45 bits per heavy atom. The molecule has 0 atom stereocenters. The molecule has 7 heteroatoms. The van der Waals surface area contributed by atoms with Gasteiger partial charge in [0, 0.05) is 18.9 Å². The first-order chi connectivity index (χ1) is 9.63.